The molecule has 1 saturated heterocycles. The van der Waals surface area contributed by atoms with Crippen molar-refractivity contribution in [3.8, 4) is 0 Å². The zero-order valence-corrected chi connectivity index (χ0v) is 12.5. The van der Waals surface area contributed by atoms with E-state index in [1.807, 2.05) is 5.01 Å². The molecule has 1 aliphatic heterocycles. The summed E-state index contributed by atoms with van der Waals surface area (Å²) in [6, 6.07) is 0. The third-order valence-corrected chi connectivity index (χ3v) is 3.84. The molecule has 5 nitrogen and oxygen atoms in total. The Bertz CT molecular complexity index is 246. The van der Waals surface area contributed by atoms with Crippen LogP contribution in [0.15, 0.2) is 0 Å². The van der Waals surface area contributed by atoms with Gasteiger partial charge in [0.25, 0.3) is 0 Å². The van der Waals surface area contributed by atoms with Crippen molar-refractivity contribution in [2.24, 2.45) is 11.7 Å². The first kappa shape index (κ1) is 16.4. The Kier molecular flexibility index (Phi) is 8.02. The lowest BCUT2D eigenvalue weighted by Gasteiger charge is -2.32. The number of carbonyl (C=O) groups is 1. The van der Waals surface area contributed by atoms with Crippen LogP contribution in [0.4, 0.5) is 0 Å². The molecule has 1 unspecified atom stereocenters. The smallest absolute Gasteiger partial charge is 0.234 e. The molecule has 112 valence electrons. The predicted octanol–water partition coefficient (Wildman–Crippen LogP) is 0.810. The van der Waals surface area contributed by atoms with E-state index in [1.54, 1.807) is 0 Å². The summed E-state index contributed by atoms with van der Waals surface area (Å²) in [5, 5.41) is 2.04. The molecule has 0 aromatic rings. The Balaban J connectivity index is 2.19. The van der Waals surface area contributed by atoms with Crippen LogP contribution in [0.25, 0.3) is 0 Å². The normalized spacial score (nSPS) is 19.3. The maximum Gasteiger partial charge on any atom is 0.234 e. The van der Waals surface area contributed by atoms with Gasteiger partial charge in [-0.05, 0) is 32.4 Å². The van der Waals surface area contributed by atoms with Crippen LogP contribution in [0.5, 0.6) is 0 Å². The predicted molar refractivity (Wildman–Crippen MR) is 78.5 cm³/mol. The van der Waals surface area contributed by atoms with Crippen LogP contribution >= 0.6 is 0 Å². The third kappa shape index (κ3) is 6.89. The fourth-order valence-electron chi connectivity index (χ4n) is 2.56. The Morgan fingerprint density at radius 2 is 1.89 bits per heavy atom. The van der Waals surface area contributed by atoms with Gasteiger partial charge in [-0.25, -0.2) is 5.01 Å². The number of piperazine rings is 1. The number of hydrogen-bond acceptors (Lipinski definition) is 4. The molecule has 0 aromatic carbocycles. The van der Waals surface area contributed by atoms with Gasteiger partial charge in [0.1, 0.15) is 0 Å². The summed E-state index contributed by atoms with van der Waals surface area (Å²) in [4.78, 5) is 14.2. The zero-order chi connectivity index (χ0) is 14.1. The number of likely N-dealkylation sites (N-methyl/N-ethyl adjacent to an activating group) is 1. The topological polar surface area (TPSA) is 61.6 Å². The second-order valence-electron chi connectivity index (χ2n) is 5.60. The molecule has 0 radical (unpaired) electrons. The van der Waals surface area contributed by atoms with Crippen LogP contribution in [-0.4, -0.2) is 55.6 Å². The number of carbonyl (C=O) groups excluding carboxylic acids is 1. The first-order valence-corrected chi connectivity index (χ1v) is 7.58. The largest absolute Gasteiger partial charge is 0.330 e. The van der Waals surface area contributed by atoms with E-state index in [9.17, 15) is 4.79 Å². The van der Waals surface area contributed by atoms with Gasteiger partial charge in [0.05, 0.1) is 0 Å². The molecule has 0 aromatic heterocycles. The molecule has 0 spiro atoms. The van der Waals surface area contributed by atoms with Gasteiger partial charge in [0.15, 0.2) is 0 Å². The fourth-order valence-corrected chi connectivity index (χ4v) is 2.56. The highest BCUT2D eigenvalue weighted by atomic mass is 16.2. The Morgan fingerprint density at radius 3 is 2.47 bits per heavy atom. The van der Waals surface area contributed by atoms with Gasteiger partial charge in [-0.1, -0.05) is 19.8 Å². The summed E-state index contributed by atoms with van der Waals surface area (Å²) in [6.45, 7) is 6.79. The molecule has 0 saturated carbocycles. The van der Waals surface area contributed by atoms with E-state index >= 15 is 0 Å². The van der Waals surface area contributed by atoms with Gasteiger partial charge in [-0.3, -0.25) is 10.2 Å². The minimum Gasteiger partial charge on any atom is -0.330 e. The van der Waals surface area contributed by atoms with Gasteiger partial charge in [-0.2, -0.15) is 0 Å². The molecule has 1 fully saturated rings. The average Bonchev–Trinajstić information content (AvgIpc) is 2.39. The van der Waals surface area contributed by atoms with Crippen molar-refractivity contribution in [2.75, 3.05) is 39.8 Å². The number of rotatable bonds is 8. The Labute approximate surface area is 117 Å². The molecule has 0 aliphatic carbocycles. The molecule has 1 heterocycles. The summed E-state index contributed by atoms with van der Waals surface area (Å²) < 4.78 is 0. The fraction of sp³-hybridized carbons (Fsp3) is 0.929. The summed E-state index contributed by atoms with van der Waals surface area (Å²) in [5.74, 6) is 0.760. The van der Waals surface area contributed by atoms with E-state index in [0.717, 1.165) is 45.6 Å². The van der Waals surface area contributed by atoms with Crippen LogP contribution in [0.2, 0.25) is 0 Å². The highest BCUT2D eigenvalue weighted by Gasteiger charge is 2.16. The Hall–Kier alpha value is -0.650. The van der Waals surface area contributed by atoms with Gasteiger partial charge >= 0.3 is 0 Å². The van der Waals surface area contributed by atoms with Crippen LogP contribution in [-0.2, 0) is 4.79 Å². The van der Waals surface area contributed by atoms with E-state index in [-0.39, 0.29) is 5.91 Å². The van der Waals surface area contributed by atoms with Crippen molar-refractivity contribution in [3.63, 3.8) is 0 Å². The second-order valence-corrected chi connectivity index (χ2v) is 5.60. The molecule has 3 N–H and O–H groups in total. The van der Waals surface area contributed by atoms with E-state index in [4.69, 9.17) is 5.73 Å². The molecular formula is C14H30N4O. The highest BCUT2D eigenvalue weighted by Crippen LogP contribution is 2.16. The van der Waals surface area contributed by atoms with Crippen molar-refractivity contribution in [3.05, 3.63) is 0 Å². The minimum atomic E-state index is 0.155. The molecule has 1 atom stereocenters. The summed E-state index contributed by atoms with van der Waals surface area (Å²) in [5.41, 5.74) is 8.63. The molecular weight excluding hydrogens is 240 g/mol. The number of hydrogen-bond donors (Lipinski definition) is 2. The van der Waals surface area contributed by atoms with E-state index in [1.165, 1.54) is 12.8 Å². The standard InChI is InChI=1S/C14H30N4O/c1-3-4-13(7-8-15)5-6-14(19)16-18-11-9-17(2)10-12-18/h13H,3-12,15H2,1-2H3,(H,16,19). The first-order chi connectivity index (χ1) is 9.15. The van der Waals surface area contributed by atoms with Gasteiger partial charge in [0, 0.05) is 32.6 Å². The van der Waals surface area contributed by atoms with Crippen LogP contribution < -0.4 is 11.2 Å². The lowest BCUT2D eigenvalue weighted by Crippen LogP contribution is -2.52. The number of amides is 1. The van der Waals surface area contributed by atoms with Gasteiger partial charge < -0.3 is 10.6 Å². The third-order valence-electron chi connectivity index (χ3n) is 3.84. The number of nitrogens with one attached hydrogen (secondary N) is 1. The molecule has 5 heteroatoms. The molecule has 19 heavy (non-hydrogen) atoms. The maximum absolute atomic E-state index is 11.9. The average molecular weight is 270 g/mol. The summed E-state index contributed by atoms with van der Waals surface area (Å²) in [6.07, 6.45) is 4.97. The van der Waals surface area contributed by atoms with Crippen molar-refractivity contribution in [2.45, 2.75) is 39.0 Å². The molecule has 1 amide bonds. The van der Waals surface area contributed by atoms with Crippen molar-refractivity contribution < 1.29 is 4.79 Å². The second kappa shape index (κ2) is 9.28. The van der Waals surface area contributed by atoms with E-state index in [0.29, 0.717) is 12.3 Å². The van der Waals surface area contributed by atoms with E-state index < -0.39 is 0 Å². The number of nitrogens with two attached hydrogens (primary N) is 1. The quantitative estimate of drug-likeness (QED) is 0.685. The maximum atomic E-state index is 11.9. The van der Waals surface area contributed by atoms with Crippen molar-refractivity contribution in [1.29, 1.82) is 0 Å². The first-order valence-electron chi connectivity index (χ1n) is 7.58. The van der Waals surface area contributed by atoms with E-state index in [2.05, 4.69) is 24.3 Å². The SMILES string of the molecule is CCCC(CCN)CCC(=O)NN1CCN(C)CC1. The number of hydrazine groups is 1. The van der Waals surface area contributed by atoms with Gasteiger partial charge in [-0.15, -0.1) is 0 Å². The van der Waals surface area contributed by atoms with Crippen molar-refractivity contribution >= 4 is 5.91 Å². The zero-order valence-electron chi connectivity index (χ0n) is 12.5. The van der Waals surface area contributed by atoms with Crippen LogP contribution in [0.3, 0.4) is 0 Å². The van der Waals surface area contributed by atoms with Crippen LogP contribution in [0.1, 0.15) is 39.0 Å². The summed E-state index contributed by atoms with van der Waals surface area (Å²) in [7, 11) is 2.11. The number of nitrogens with zero attached hydrogens (tertiary/aromatic N) is 2. The van der Waals surface area contributed by atoms with Crippen LogP contribution in [0, 0.1) is 5.92 Å². The highest BCUT2D eigenvalue weighted by molar-refractivity contribution is 5.75. The molecule has 1 rings (SSSR count). The lowest BCUT2D eigenvalue weighted by molar-refractivity contribution is -0.127. The molecule has 1 aliphatic rings. The van der Waals surface area contributed by atoms with Crippen molar-refractivity contribution in [1.82, 2.24) is 15.3 Å². The monoisotopic (exact) mass is 270 g/mol. The lowest BCUT2D eigenvalue weighted by atomic mass is 9.94. The van der Waals surface area contributed by atoms with Gasteiger partial charge in [0.2, 0.25) is 5.91 Å². The Morgan fingerprint density at radius 1 is 1.21 bits per heavy atom. The summed E-state index contributed by atoms with van der Waals surface area (Å²) >= 11 is 0. The molecule has 0 bridgehead atoms. The minimum absolute atomic E-state index is 0.155.